The number of phenols is 1. The zero-order valence-corrected chi connectivity index (χ0v) is 16.3. The second-order valence-electron chi connectivity index (χ2n) is 7.18. The van der Waals surface area contributed by atoms with Crippen LogP contribution in [0.15, 0.2) is 42.5 Å². The Bertz CT molecular complexity index is 744. The van der Waals surface area contributed by atoms with Crippen LogP contribution in [0.2, 0.25) is 0 Å². The molecular formula is C21H28O6. The van der Waals surface area contributed by atoms with Gasteiger partial charge in [0.1, 0.15) is 11.7 Å². The van der Waals surface area contributed by atoms with Gasteiger partial charge in [-0.2, -0.15) is 0 Å². The fraction of sp³-hybridized carbons (Fsp3) is 0.524. The first kappa shape index (κ1) is 19.9. The standard InChI is InChI=1S/C21H28O6/c1-6-7-14-10-18(25-4)21(23)20(12-14,26-5)13(2)19(27-21)15-8-9-16(22)17(11-15)24-3/h6,8-9,11-13,18-19,22-23H,1,7,10H2,2-5H3/t13-,18+,19+,20-,21?/m1/s1. The van der Waals surface area contributed by atoms with Gasteiger partial charge in [0.15, 0.2) is 11.5 Å². The van der Waals surface area contributed by atoms with Crippen molar-refractivity contribution in [3.05, 3.63) is 48.1 Å². The Morgan fingerprint density at radius 3 is 2.67 bits per heavy atom. The molecule has 2 aliphatic rings. The molecule has 6 heteroatoms. The van der Waals surface area contributed by atoms with Crippen molar-refractivity contribution in [2.45, 2.75) is 43.4 Å². The molecule has 5 atom stereocenters. The summed E-state index contributed by atoms with van der Waals surface area (Å²) in [7, 11) is 4.63. The molecule has 27 heavy (non-hydrogen) atoms. The van der Waals surface area contributed by atoms with Crippen LogP contribution in [0.5, 0.6) is 11.5 Å². The van der Waals surface area contributed by atoms with Crippen LogP contribution >= 0.6 is 0 Å². The predicted octanol–water partition coefficient (Wildman–Crippen LogP) is 3.10. The van der Waals surface area contributed by atoms with Crippen molar-refractivity contribution in [3.63, 3.8) is 0 Å². The van der Waals surface area contributed by atoms with Gasteiger partial charge in [-0.3, -0.25) is 0 Å². The number of methoxy groups -OCH3 is 3. The highest BCUT2D eigenvalue weighted by Crippen LogP contribution is 2.57. The van der Waals surface area contributed by atoms with E-state index in [2.05, 4.69) is 6.58 Å². The summed E-state index contributed by atoms with van der Waals surface area (Å²) in [5.41, 5.74) is 0.799. The number of rotatable bonds is 6. The summed E-state index contributed by atoms with van der Waals surface area (Å²) < 4.78 is 23.0. The molecule has 1 heterocycles. The number of ether oxygens (including phenoxy) is 4. The van der Waals surface area contributed by atoms with Crippen molar-refractivity contribution < 1.29 is 29.2 Å². The molecule has 0 spiro atoms. The Labute approximate surface area is 160 Å². The summed E-state index contributed by atoms with van der Waals surface area (Å²) in [5.74, 6) is -1.47. The van der Waals surface area contributed by atoms with Gasteiger partial charge >= 0.3 is 0 Å². The average Bonchev–Trinajstić information content (AvgIpc) is 2.90. The molecule has 6 nitrogen and oxygen atoms in total. The van der Waals surface area contributed by atoms with Crippen LogP contribution in [0.3, 0.4) is 0 Å². The van der Waals surface area contributed by atoms with Crippen molar-refractivity contribution in [2.75, 3.05) is 21.3 Å². The maximum atomic E-state index is 11.6. The maximum absolute atomic E-state index is 11.6. The SMILES string of the molecule is C=CCC1=C[C@@]2(OC)[C@H](C)[C@@H](c3ccc(O)c(OC)c3)OC2(O)[C@@H](OC)C1. The summed E-state index contributed by atoms with van der Waals surface area (Å²) in [6, 6.07) is 5.04. The monoisotopic (exact) mass is 376 g/mol. The van der Waals surface area contributed by atoms with Crippen molar-refractivity contribution in [1.82, 2.24) is 0 Å². The van der Waals surface area contributed by atoms with Crippen LogP contribution in [0.4, 0.5) is 0 Å². The molecule has 0 aromatic heterocycles. The van der Waals surface area contributed by atoms with Crippen molar-refractivity contribution in [2.24, 2.45) is 5.92 Å². The van der Waals surface area contributed by atoms with E-state index in [4.69, 9.17) is 18.9 Å². The minimum Gasteiger partial charge on any atom is -0.504 e. The Balaban J connectivity index is 2.10. The fourth-order valence-electron chi connectivity index (χ4n) is 4.43. The number of allylic oxidation sites excluding steroid dienone is 1. The lowest BCUT2D eigenvalue weighted by Gasteiger charge is -2.47. The van der Waals surface area contributed by atoms with Crippen LogP contribution < -0.4 is 4.74 Å². The minimum absolute atomic E-state index is 0.0485. The van der Waals surface area contributed by atoms with Crippen LogP contribution in [0, 0.1) is 5.92 Å². The van der Waals surface area contributed by atoms with Gasteiger partial charge in [0.05, 0.1) is 13.2 Å². The fourth-order valence-corrected chi connectivity index (χ4v) is 4.43. The van der Waals surface area contributed by atoms with Gasteiger partial charge in [-0.15, -0.1) is 6.58 Å². The summed E-state index contributed by atoms with van der Waals surface area (Å²) in [5, 5.41) is 21.5. The maximum Gasteiger partial charge on any atom is 0.227 e. The first-order chi connectivity index (χ1) is 12.9. The highest BCUT2D eigenvalue weighted by molar-refractivity contribution is 5.44. The highest BCUT2D eigenvalue weighted by atomic mass is 16.7. The van der Waals surface area contributed by atoms with E-state index in [-0.39, 0.29) is 11.7 Å². The quantitative estimate of drug-likeness (QED) is 0.743. The molecule has 0 amide bonds. The van der Waals surface area contributed by atoms with Gasteiger partial charge in [0.25, 0.3) is 0 Å². The van der Waals surface area contributed by atoms with Crippen molar-refractivity contribution in [3.8, 4) is 11.5 Å². The number of hydrogen-bond acceptors (Lipinski definition) is 6. The van der Waals surface area contributed by atoms with Gasteiger partial charge < -0.3 is 29.2 Å². The van der Waals surface area contributed by atoms with Crippen LogP contribution in [0.1, 0.15) is 31.4 Å². The van der Waals surface area contributed by atoms with Crippen molar-refractivity contribution >= 4 is 0 Å². The van der Waals surface area contributed by atoms with Crippen LogP contribution in [-0.2, 0) is 14.2 Å². The second-order valence-corrected chi connectivity index (χ2v) is 7.18. The van der Waals surface area contributed by atoms with E-state index >= 15 is 0 Å². The molecule has 148 valence electrons. The number of aromatic hydroxyl groups is 1. The summed E-state index contributed by atoms with van der Waals surface area (Å²) in [4.78, 5) is 0. The zero-order valence-electron chi connectivity index (χ0n) is 16.3. The zero-order chi connectivity index (χ0) is 19.8. The van der Waals surface area contributed by atoms with Gasteiger partial charge in [-0.05, 0) is 30.2 Å². The molecule has 1 saturated heterocycles. The minimum atomic E-state index is -1.64. The molecule has 1 aliphatic heterocycles. The number of hydrogen-bond donors (Lipinski definition) is 2. The van der Waals surface area contributed by atoms with Gasteiger partial charge in [-0.1, -0.05) is 24.6 Å². The Morgan fingerprint density at radius 1 is 1.33 bits per heavy atom. The summed E-state index contributed by atoms with van der Waals surface area (Å²) >= 11 is 0. The van der Waals surface area contributed by atoms with E-state index < -0.39 is 23.6 Å². The number of aliphatic hydroxyl groups is 1. The van der Waals surface area contributed by atoms with Crippen LogP contribution in [0.25, 0.3) is 0 Å². The Hall–Kier alpha value is -1.86. The van der Waals surface area contributed by atoms with Crippen molar-refractivity contribution in [1.29, 1.82) is 0 Å². The normalized spacial score (nSPS) is 35.4. The van der Waals surface area contributed by atoms with E-state index in [1.807, 2.05) is 19.1 Å². The third-order valence-electron chi connectivity index (χ3n) is 5.86. The summed E-state index contributed by atoms with van der Waals surface area (Å²) in [6.07, 6.45) is 3.96. The van der Waals surface area contributed by atoms with E-state index in [9.17, 15) is 10.2 Å². The molecule has 3 rings (SSSR count). The Morgan fingerprint density at radius 2 is 2.07 bits per heavy atom. The lowest BCUT2D eigenvalue weighted by Crippen LogP contribution is -2.63. The van der Waals surface area contributed by atoms with Crippen LogP contribution in [-0.4, -0.2) is 49.0 Å². The predicted molar refractivity (Wildman–Crippen MR) is 101 cm³/mol. The molecule has 1 fully saturated rings. The number of benzene rings is 1. The third kappa shape index (κ3) is 2.88. The first-order valence-corrected chi connectivity index (χ1v) is 9.03. The van der Waals surface area contributed by atoms with E-state index in [0.717, 1.165) is 11.1 Å². The van der Waals surface area contributed by atoms with E-state index in [1.165, 1.54) is 7.11 Å². The molecule has 1 aromatic rings. The molecule has 0 bridgehead atoms. The molecular weight excluding hydrogens is 348 g/mol. The first-order valence-electron chi connectivity index (χ1n) is 9.03. The average molecular weight is 376 g/mol. The van der Waals surface area contributed by atoms with E-state index in [0.29, 0.717) is 18.6 Å². The number of phenolic OH excluding ortho intramolecular Hbond substituents is 1. The molecule has 1 aliphatic carbocycles. The highest BCUT2D eigenvalue weighted by Gasteiger charge is 2.68. The van der Waals surface area contributed by atoms with Gasteiger partial charge in [0.2, 0.25) is 5.79 Å². The topological polar surface area (TPSA) is 77.4 Å². The second kappa shape index (κ2) is 7.28. The molecule has 0 radical (unpaired) electrons. The summed E-state index contributed by atoms with van der Waals surface area (Å²) in [6.45, 7) is 5.79. The smallest absolute Gasteiger partial charge is 0.227 e. The molecule has 1 aromatic carbocycles. The Kier molecular flexibility index (Phi) is 5.36. The lowest BCUT2D eigenvalue weighted by atomic mass is 9.71. The molecule has 1 unspecified atom stereocenters. The van der Waals surface area contributed by atoms with E-state index in [1.54, 1.807) is 32.4 Å². The third-order valence-corrected chi connectivity index (χ3v) is 5.86. The molecule has 0 saturated carbocycles. The van der Waals surface area contributed by atoms with Gasteiger partial charge in [0, 0.05) is 26.6 Å². The van der Waals surface area contributed by atoms with Gasteiger partial charge in [-0.25, -0.2) is 0 Å². The molecule has 2 N–H and O–H groups in total. The largest absolute Gasteiger partial charge is 0.504 e. The number of fused-ring (bicyclic) bond motifs is 1. The lowest BCUT2D eigenvalue weighted by molar-refractivity contribution is -0.309.